The molecule has 4 aromatic carbocycles. The molecule has 6 rings (SSSR count). The minimum Gasteiger partial charge on any atom is -0.505 e. The molecule has 0 atom stereocenters. The molecule has 12 heteroatoms. The van der Waals surface area contributed by atoms with E-state index in [-0.39, 0.29) is 35.8 Å². The number of nitrogens with one attached hydrogen (secondary N) is 1. The molecule has 1 amide bonds. The van der Waals surface area contributed by atoms with Crippen LogP contribution in [0.4, 0.5) is 0 Å². The van der Waals surface area contributed by atoms with Crippen molar-refractivity contribution in [3.05, 3.63) is 95.1 Å². The van der Waals surface area contributed by atoms with Crippen molar-refractivity contribution < 1.29 is 15.0 Å². The number of aromatic nitrogens is 6. The number of aryl methyl sites for hydroxylation is 2. The van der Waals surface area contributed by atoms with Crippen LogP contribution in [0.15, 0.2) is 72.8 Å². The summed E-state index contributed by atoms with van der Waals surface area (Å²) in [5.41, 5.74) is 15.0. The summed E-state index contributed by atoms with van der Waals surface area (Å²) in [6, 6.07) is 22.5. The van der Waals surface area contributed by atoms with Gasteiger partial charge in [-0.1, -0.05) is 57.2 Å². The predicted molar refractivity (Wildman–Crippen MR) is 173 cm³/mol. The molecule has 0 aliphatic rings. The van der Waals surface area contributed by atoms with Crippen molar-refractivity contribution >= 4 is 28.0 Å². The van der Waals surface area contributed by atoms with Crippen molar-refractivity contribution in [3.63, 3.8) is 0 Å². The van der Waals surface area contributed by atoms with Crippen LogP contribution in [-0.4, -0.2) is 46.1 Å². The molecule has 12 nitrogen and oxygen atoms in total. The van der Waals surface area contributed by atoms with E-state index in [0.717, 1.165) is 38.8 Å². The highest BCUT2D eigenvalue weighted by Crippen LogP contribution is 2.36. The van der Waals surface area contributed by atoms with E-state index in [4.69, 9.17) is 11.6 Å². The van der Waals surface area contributed by atoms with E-state index >= 15 is 0 Å². The summed E-state index contributed by atoms with van der Waals surface area (Å²) < 4.78 is 0. The van der Waals surface area contributed by atoms with Crippen molar-refractivity contribution in [2.75, 3.05) is 0 Å². The lowest BCUT2D eigenvalue weighted by Crippen LogP contribution is -2.30. The van der Waals surface area contributed by atoms with E-state index < -0.39 is 0 Å². The van der Waals surface area contributed by atoms with Crippen LogP contribution in [0.2, 0.25) is 0 Å². The summed E-state index contributed by atoms with van der Waals surface area (Å²) in [6.07, 6.45) is 0.763. The Balaban J connectivity index is 0.000000186. The van der Waals surface area contributed by atoms with Crippen molar-refractivity contribution in [3.8, 4) is 22.9 Å². The molecule has 2 heterocycles. The minimum atomic E-state index is -0.280. The molecule has 6 aromatic rings. The van der Waals surface area contributed by atoms with Crippen molar-refractivity contribution in [2.24, 2.45) is 11.6 Å². The van der Waals surface area contributed by atoms with Gasteiger partial charge in [0.15, 0.2) is 0 Å². The summed E-state index contributed by atoms with van der Waals surface area (Å²) in [5.74, 6) is 5.20. The second-order valence-corrected chi connectivity index (χ2v) is 11.8. The molecule has 0 spiro atoms. The third-order valence-corrected chi connectivity index (χ3v) is 7.30. The van der Waals surface area contributed by atoms with Crippen LogP contribution in [0.5, 0.6) is 11.5 Å². The van der Waals surface area contributed by atoms with Gasteiger partial charge in [0.1, 0.15) is 44.9 Å². The van der Waals surface area contributed by atoms with Crippen molar-refractivity contribution in [2.45, 2.75) is 52.5 Å². The molecule has 0 fully saturated rings. The van der Waals surface area contributed by atoms with Crippen LogP contribution < -0.4 is 17.0 Å². The van der Waals surface area contributed by atoms with Crippen LogP contribution in [-0.2, 0) is 23.2 Å². The number of carbonyl (C=O) groups is 1. The molecule has 0 aliphatic heterocycles. The highest BCUT2D eigenvalue weighted by atomic mass is 16.3. The fourth-order valence-electron chi connectivity index (χ4n) is 4.95. The Hall–Kier alpha value is -5.33. The average molecular weight is 608 g/mol. The van der Waals surface area contributed by atoms with Gasteiger partial charge in [-0.2, -0.15) is 0 Å². The zero-order valence-electron chi connectivity index (χ0n) is 25.7. The standard InChI is InChI=1S/C19H23N5O2.C14H14N4O/c1-19(2,3)13-10-12(8-9-17(25)21-20)11-16(18(13)26)24-22-14-6-4-5-7-15(14)23-24;1-9-6-10(8-15)14(19)13(7-9)18-16-11-4-2-3-5-12(11)17-18/h4-7,10-11,26H,8-9,20H2,1-3H3,(H,21,25);2-7,19H,8,15H2,1H3. The van der Waals surface area contributed by atoms with Crippen LogP contribution in [0.3, 0.4) is 0 Å². The monoisotopic (exact) mass is 607 g/mol. The maximum absolute atomic E-state index is 11.5. The molecule has 0 radical (unpaired) electrons. The highest BCUT2D eigenvalue weighted by Gasteiger charge is 2.23. The SMILES string of the molecule is CC(C)(C)c1cc(CCC(=O)NN)cc(-n2nc3ccccc3n2)c1O.Cc1cc(CN)c(O)c(-n2nc3ccccc3n2)c1. The molecule has 2 aromatic heterocycles. The Labute approximate surface area is 260 Å². The van der Waals surface area contributed by atoms with Crippen molar-refractivity contribution in [1.29, 1.82) is 0 Å². The number of benzene rings is 4. The third-order valence-electron chi connectivity index (χ3n) is 7.30. The van der Waals surface area contributed by atoms with E-state index in [1.54, 1.807) is 0 Å². The predicted octanol–water partition coefficient (Wildman–Crippen LogP) is 4.24. The highest BCUT2D eigenvalue weighted by molar-refractivity contribution is 5.76. The Bertz CT molecular complexity index is 1920. The lowest BCUT2D eigenvalue weighted by atomic mass is 9.84. The van der Waals surface area contributed by atoms with E-state index in [0.29, 0.717) is 23.4 Å². The molecule has 0 bridgehead atoms. The number of nitrogens with zero attached hydrogens (tertiary/aromatic N) is 6. The number of nitrogens with two attached hydrogens (primary N) is 2. The lowest BCUT2D eigenvalue weighted by molar-refractivity contribution is -0.121. The van der Waals surface area contributed by atoms with Gasteiger partial charge in [0.25, 0.3) is 0 Å². The fourth-order valence-corrected chi connectivity index (χ4v) is 4.95. The largest absolute Gasteiger partial charge is 0.505 e. The van der Waals surface area contributed by atoms with Crippen LogP contribution in [0, 0.1) is 6.92 Å². The summed E-state index contributed by atoms with van der Waals surface area (Å²) in [7, 11) is 0. The molecule has 0 saturated carbocycles. The van der Waals surface area contributed by atoms with Gasteiger partial charge in [-0.25, -0.2) is 5.84 Å². The Morgan fingerprint density at radius 2 is 1.29 bits per heavy atom. The smallest absolute Gasteiger partial charge is 0.234 e. The molecule has 0 unspecified atom stereocenters. The number of phenols is 2. The topological polar surface area (TPSA) is 183 Å². The van der Waals surface area contributed by atoms with E-state index in [2.05, 4.69) is 25.8 Å². The molecule has 0 saturated heterocycles. The molecular weight excluding hydrogens is 570 g/mol. The van der Waals surface area contributed by atoms with Crippen LogP contribution in [0.1, 0.15) is 49.4 Å². The van der Waals surface area contributed by atoms with Gasteiger partial charge in [-0.15, -0.1) is 30.0 Å². The first-order chi connectivity index (χ1) is 21.5. The van der Waals surface area contributed by atoms with E-state index in [1.165, 1.54) is 9.59 Å². The van der Waals surface area contributed by atoms with Gasteiger partial charge in [0.2, 0.25) is 5.91 Å². The molecule has 0 aliphatic carbocycles. The van der Waals surface area contributed by atoms with Gasteiger partial charge >= 0.3 is 0 Å². The van der Waals surface area contributed by atoms with Crippen LogP contribution in [0.25, 0.3) is 33.4 Å². The molecule has 7 N–H and O–H groups in total. The first-order valence-electron chi connectivity index (χ1n) is 14.5. The number of hydrogen-bond donors (Lipinski definition) is 5. The normalized spacial score (nSPS) is 11.4. The lowest BCUT2D eigenvalue weighted by Gasteiger charge is -2.23. The number of hydrogen-bond acceptors (Lipinski definition) is 9. The van der Waals surface area contributed by atoms with Gasteiger partial charge in [-0.3, -0.25) is 10.2 Å². The number of aromatic hydroxyl groups is 2. The number of hydrazine groups is 1. The first-order valence-corrected chi connectivity index (χ1v) is 14.5. The Morgan fingerprint density at radius 3 is 1.73 bits per heavy atom. The van der Waals surface area contributed by atoms with E-state index in [9.17, 15) is 15.0 Å². The third kappa shape index (κ3) is 6.77. The van der Waals surface area contributed by atoms with E-state index in [1.807, 2.05) is 100 Å². The average Bonchev–Trinajstić information content (AvgIpc) is 3.65. The number of carbonyl (C=O) groups excluding carboxylic acids is 1. The van der Waals surface area contributed by atoms with Gasteiger partial charge in [-0.05, 0) is 66.3 Å². The molecule has 45 heavy (non-hydrogen) atoms. The summed E-state index contributed by atoms with van der Waals surface area (Å²) >= 11 is 0. The Kier molecular flexibility index (Phi) is 8.80. The molecule has 232 valence electrons. The summed E-state index contributed by atoms with van der Waals surface area (Å²) in [5, 5.41) is 38.7. The number of rotatable bonds is 6. The number of fused-ring (bicyclic) bond motifs is 2. The zero-order valence-corrected chi connectivity index (χ0v) is 25.7. The summed E-state index contributed by atoms with van der Waals surface area (Å²) in [6.45, 7) is 8.30. The second kappa shape index (κ2) is 12.7. The number of amides is 1. The fraction of sp³-hybridized carbons (Fsp3) is 0.242. The summed E-state index contributed by atoms with van der Waals surface area (Å²) in [4.78, 5) is 14.4. The Morgan fingerprint density at radius 1 is 0.800 bits per heavy atom. The van der Waals surface area contributed by atoms with Crippen LogP contribution >= 0.6 is 0 Å². The first kappa shape index (κ1) is 31.1. The maximum Gasteiger partial charge on any atom is 0.234 e. The minimum absolute atomic E-state index is 0.133. The van der Waals surface area contributed by atoms with Crippen molar-refractivity contribution in [1.82, 2.24) is 35.4 Å². The zero-order chi connectivity index (χ0) is 32.3. The second-order valence-electron chi connectivity index (χ2n) is 11.8. The van der Waals surface area contributed by atoms with Gasteiger partial charge in [0, 0.05) is 24.1 Å². The maximum atomic E-state index is 11.5. The van der Waals surface area contributed by atoms with Gasteiger partial charge in [0.05, 0.1) is 0 Å². The molecular formula is C33H37N9O3. The number of phenolic OH excluding ortho intramolecular Hbond substituents is 2. The quantitative estimate of drug-likeness (QED) is 0.105. The van der Waals surface area contributed by atoms with Gasteiger partial charge < -0.3 is 15.9 Å².